The first-order chi connectivity index (χ1) is 9.86. The molecule has 0 saturated carbocycles. The predicted octanol–water partition coefficient (Wildman–Crippen LogP) is 2.12. The molecular weight excluding hydrogens is 308 g/mol. The van der Waals surface area contributed by atoms with Gasteiger partial charge < -0.3 is 10.1 Å². The smallest absolute Gasteiger partial charge is 0.241 e. The van der Waals surface area contributed by atoms with E-state index in [2.05, 4.69) is 23.9 Å². The van der Waals surface area contributed by atoms with Crippen LogP contribution in [0, 0.1) is 12.8 Å². The van der Waals surface area contributed by atoms with Gasteiger partial charge in [0.1, 0.15) is 0 Å². The van der Waals surface area contributed by atoms with Crippen LogP contribution < -0.4 is 10.0 Å². The molecule has 1 rings (SSSR count). The van der Waals surface area contributed by atoms with Gasteiger partial charge in [0, 0.05) is 29.5 Å². The second-order valence-corrected chi connectivity index (χ2v) is 8.43. The Morgan fingerprint density at radius 2 is 2.05 bits per heavy atom. The number of thiophene rings is 1. The van der Waals surface area contributed by atoms with Crippen LogP contribution in [-0.2, 0) is 21.3 Å². The molecular formula is C14H26N2O3S2. The van der Waals surface area contributed by atoms with Gasteiger partial charge in [-0.05, 0) is 32.4 Å². The minimum absolute atomic E-state index is 0.303. The molecule has 1 heterocycles. The highest BCUT2D eigenvalue weighted by Crippen LogP contribution is 2.25. The molecule has 0 radical (unpaired) electrons. The van der Waals surface area contributed by atoms with Crippen LogP contribution >= 0.6 is 11.3 Å². The van der Waals surface area contributed by atoms with Crippen molar-refractivity contribution in [2.24, 2.45) is 5.92 Å². The number of nitrogens with one attached hydrogen (secondary N) is 2. The molecule has 1 aromatic rings. The largest absolute Gasteiger partial charge is 0.380 e. The summed E-state index contributed by atoms with van der Waals surface area (Å²) in [6.07, 6.45) is 0.990. The highest BCUT2D eigenvalue weighted by atomic mass is 32.2. The summed E-state index contributed by atoms with van der Waals surface area (Å²) in [5.41, 5.74) is 0. The van der Waals surface area contributed by atoms with Gasteiger partial charge in [0.15, 0.2) is 0 Å². The average molecular weight is 335 g/mol. The lowest BCUT2D eigenvalue weighted by molar-refractivity contribution is 0.128. The Labute approximate surface area is 132 Å². The van der Waals surface area contributed by atoms with Crippen LogP contribution in [0.25, 0.3) is 0 Å². The predicted molar refractivity (Wildman–Crippen MR) is 87.3 cm³/mol. The van der Waals surface area contributed by atoms with E-state index in [1.54, 1.807) is 6.07 Å². The van der Waals surface area contributed by atoms with Crippen LogP contribution in [0.1, 0.15) is 30.0 Å². The monoisotopic (exact) mass is 334 g/mol. The van der Waals surface area contributed by atoms with Crippen LogP contribution in [0.2, 0.25) is 0 Å². The molecule has 0 amide bonds. The Hall–Kier alpha value is -0.470. The zero-order chi connectivity index (χ0) is 15.9. The number of hydrogen-bond donors (Lipinski definition) is 2. The van der Waals surface area contributed by atoms with Crippen LogP contribution in [-0.4, -0.2) is 35.2 Å². The summed E-state index contributed by atoms with van der Waals surface area (Å²) in [5.74, 6) is 0.598. The standard InChI is InChI=1S/C14H26N2O3S2/c1-11(2)5-7-19-8-6-16-21(17,18)14-9-13(10-15-4)20-12(14)3/h9,11,15-16H,5-8,10H2,1-4H3. The van der Waals surface area contributed by atoms with Crippen LogP contribution in [0.15, 0.2) is 11.0 Å². The Morgan fingerprint density at radius 1 is 1.33 bits per heavy atom. The summed E-state index contributed by atoms with van der Waals surface area (Å²) < 4.78 is 32.5. The second kappa shape index (κ2) is 8.85. The summed E-state index contributed by atoms with van der Waals surface area (Å²) in [6.45, 7) is 8.15. The average Bonchev–Trinajstić information content (AvgIpc) is 2.75. The first kappa shape index (κ1) is 18.6. The first-order valence-electron chi connectivity index (χ1n) is 7.18. The third-order valence-corrected chi connectivity index (χ3v) is 5.71. The minimum atomic E-state index is -3.44. The second-order valence-electron chi connectivity index (χ2n) is 5.36. The van der Waals surface area contributed by atoms with Gasteiger partial charge in [-0.25, -0.2) is 13.1 Å². The molecule has 1 aromatic heterocycles. The van der Waals surface area contributed by atoms with Gasteiger partial charge in [0.2, 0.25) is 10.0 Å². The molecule has 0 aliphatic carbocycles. The van der Waals surface area contributed by atoms with Crippen molar-refractivity contribution >= 4 is 21.4 Å². The lowest BCUT2D eigenvalue weighted by Gasteiger charge is -2.08. The van der Waals surface area contributed by atoms with E-state index in [0.29, 0.717) is 37.1 Å². The number of ether oxygens (including phenoxy) is 1. The van der Waals surface area contributed by atoms with E-state index in [9.17, 15) is 8.42 Å². The maximum absolute atomic E-state index is 12.2. The van der Waals surface area contributed by atoms with Crippen molar-refractivity contribution < 1.29 is 13.2 Å². The van der Waals surface area contributed by atoms with Crippen molar-refractivity contribution in [1.29, 1.82) is 0 Å². The van der Waals surface area contributed by atoms with Crippen LogP contribution in [0.5, 0.6) is 0 Å². The zero-order valence-electron chi connectivity index (χ0n) is 13.2. The van der Waals surface area contributed by atoms with E-state index in [-0.39, 0.29) is 0 Å². The summed E-state index contributed by atoms with van der Waals surface area (Å²) >= 11 is 1.50. The molecule has 0 aliphatic rings. The van der Waals surface area contributed by atoms with E-state index in [4.69, 9.17) is 4.74 Å². The van der Waals surface area contributed by atoms with Gasteiger partial charge in [-0.3, -0.25) is 0 Å². The lowest BCUT2D eigenvalue weighted by atomic mass is 10.1. The van der Waals surface area contributed by atoms with E-state index >= 15 is 0 Å². The fourth-order valence-electron chi connectivity index (χ4n) is 1.80. The fraction of sp³-hybridized carbons (Fsp3) is 0.714. The minimum Gasteiger partial charge on any atom is -0.380 e. The maximum atomic E-state index is 12.2. The first-order valence-corrected chi connectivity index (χ1v) is 9.48. The van der Waals surface area contributed by atoms with Gasteiger partial charge >= 0.3 is 0 Å². The number of rotatable bonds is 10. The lowest BCUT2D eigenvalue weighted by Crippen LogP contribution is -2.27. The molecule has 0 fully saturated rings. The molecule has 21 heavy (non-hydrogen) atoms. The summed E-state index contributed by atoms with van der Waals surface area (Å²) in [7, 11) is -1.60. The molecule has 2 N–H and O–H groups in total. The van der Waals surface area contributed by atoms with Crippen molar-refractivity contribution in [3.05, 3.63) is 15.8 Å². The third-order valence-electron chi connectivity index (χ3n) is 2.94. The van der Waals surface area contributed by atoms with Gasteiger partial charge in [0.05, 0.1) is 11.5 Å². The van der Waals surface area contributed by atoms with E-state index in [1.165, 1.54) is 11.3 Å². The Kier molecular flexibility index (Phi) is 7.83. The molecule has 0 unspecified atom stereocenters. The van der Waals surface area contributed by atoms with E-state index in [0.717, 1.165) is 16.2 Å². The molecule has 7 heteroatoms. The Balaban J connectivity index is 2.46. The topological polar surface area (TPSA) is 67.4 Å². The SMILES string of the molecule is CNCc1cc(S(=O)(=O)NCCOCCC(C)C)c(C)s1. The molecule has 0 saturated heterocycles. The van der Waals surface area contributed by atoms with Crippen molar-refractivity contribution in [2.45, 2.75) is 38.6 Å². The summed E-state index contributed by atoms with van der Waals surface area (Å²) in [6, 6.07) is 1.73. The number of hydrogen-bond acceptors (Lipinski definition) is 5. The zero-order valence-corrected chi connectivity index (χ0v) is 14.9. The van der Waals surface area contributed by atoms with Crippen LogP contribution in [0.3, 0.4) is 0 Å². The van der Waals surface area contributed by atoms with Gasteiger partial charge in [0.25, 0.3) is 0 Å². The van der Waals surface area contributed by atoms with Crippen molar-refractivity contribution in [2.75, 3.05) is 26.8 Å². The molecule has 5 nitrogen and oxygen atoms in total. The molecule has 0 aromatic carbocycles. The molecule has 0 aliphatic heterocycles. The maximum Gasteiger partial charge on any atom is 0.241 e. The Morgan fingerprint density at radius 3 is 2.67 bits per heavy atom. The number of aryl methyl sites for hydroxylation is 1. The highest BCUT2D eigenvalue weighted by Gasteiger charge is 2.19. The fourth-order valence-corrected chi connectivity index (χ4v) is 4.46. The van der Waals surface area contributed by atoms with Crippen molar-refractivity contribution in [3.63, 3.8) is 0 Å². The molecule has 0 spiro atoms. The molecule has 0 bridgehead atoms. The van der Waals surface area contributed by atoms with Gasteiger partial charge in [-0.15, -0.1) is 11.3 Å². The quantitative estimate of drug-likeness (QED) is 0.643. The van der Waals surface area contributed by atoms with E-state index < -0.39 is 10.0 Å². The van der Waals surface area contributed by atoms with E-state index in [1.807, 2.05) is 14.0 Å². The number of sulfonamides is 1. The highest BCUT2D eigenvalue weighted by molar-refractivity contribution is 7.89. The molecule has 122 valence electrons. The summed E-state index contributed by atoms with van der Waals surface area (Å²) in [4.78, 5) is 2.21. The van der Waals surface area contributed by atoms with Crippen LogP contribution in [0.4, 0.5) is 0 Å². The van der Waals surface area contributed by atoms with Crippen molar-refractivity contribution in [1.82, 2.24) is 10.0 Å². The molecule has 0 atom stereocenters. The van der Waals surface area contributed by atoms with Gasteiger partial charge in [-0.1, -0.05) is 13.8 Å². The van der Waals surface area contributed by atoms with Gasteiger partial charge in [-0.2, -0.15) is 0 Å². The normalized spacial score (nSPS) is 12.2. The van der Waals surface area contributed by atoms with Crippen molar-refractivity contribution in [3.8, 4) is 0 Å². The third kappa shape index (κ3) is 6.44. The summed E-state index contributed by atoms with van der Waals surface area (Å²) in [5, 5.41) is 3.03. The Bertz CT molecular complexity index is 524.